The van der Waals surface area contributed by atoms with Crippen molar-refractivity contribution < 1.29 is 37.9 Å². The van der Waals surface area contributed by atoms with Gasteiger partial charge >= 0.3 is 5.97 Å². The highest BCUT2D eigenvalue weighted by Crippen LogP contribution is 2.43. The fourth-order valence-electron chi connectivity index (χ4n) is 5.11. The average molecular weight is 626 g/mol. The van der Waals surface area contributed by atoms with Crippen molar-refractivity contribution >= 4 is 41.8 Å². The summed E-state index contributed by atoms with van der Waals surface area (Å²) < 4.78 is 30.8. The van der Waals surface area contributed by atoms with Gasteiger partial charge in [-0.2, -0.15) is 9.97 Å². The Bertz CT molecular complexity index is 1610. The van der Waals surface area contributed by atoms with Gasteiger partial charge in [0.2, 0.25) is 5.95 Å². The summed E-state index contributed by atoms with van der Waals surface area (Å²) >= 11 is 0. The number of hydrogen-bond acceptors (Lipinski definition) is 15. The molecule has 4 aromatic rings. The maximum absolute atomic E-state index is 12.2. The molecule has 5 rings (SSSR count). The van der Waals surface area contributed by atoms with E-state index in [1.807, 2.05) is 17.8 Å². The Morgan fingerprint density at radius 2 is 1.87 bits per heavy atom. The predicted molar refractivity (Wildman–Crippen MR) is 156 cm³/mol. The van der Waals surface area contributed by atoms with Gasteiger partial charge in [0.15, 0.2) is 53.0 Å². The van der Waals surface area contributed by atoms with Gasteiger partial charge in [-0.3, -0.25) is 14.2 Å². The van der Waals surface area contributed by atoms with Crippen LogP contribution in [0.3, 0.4) is 0 Å². The summed E-state index contributed by atoms with van der Waals surface area (Å²) in [6.07, 6.45) is 2.97. The number of fused-ring (bicyclic) bond motifs is 1. The van der Waals surface area contributed by atoms with E-state index in [1.54, 1.807) is 17.8 Å². The number of aryl methyl sites for hydroxylation is 1. The Hall–Kier alpha value is -5.06. The van der Waals surface area contributed by atoms with Crippen molar-refractivity contribution in [2.75, 3.05) is 23.8 Å². The molecule has 1 fully saturated rings. The minimum absolute atomic E-state index is 0.0546. The standard InChI is InChI=1S/C28H35N9O8/c1-5-16(6-2)32-24-20-25(34-28(33-24)29-9-8-17-11-36(4)12-30-17)37(13-31-20)26-23(43-15-39)22(42-14-38)21(44-26)19-10-18(35-45-19)27(40)41-7-3/h10-16,21-23,26H,5-9H2,1-4H3,(H2,29,32,33,34)/t21-,22-,23-,26-/m1/s1. The van der Waals surface area contributed by atoms with E-state index in [4.69, 9.17) is 33.4 Å². The van der Waals surface area contributed by atoms with Crippen molar-refractivity contribution in [2.45, 2.75) is 70.6 Å². The molecule has 0 spiro atoms. The van der Waals surface area contributed by atoms with Crippen LogP contribution in [0.25, 0.3) is 11.2 Å². The first-order valence-corrected chi connectivity index (χ1v) is 14.6. The Kier molecular flexibility index (Phi) is 9.86. The number of esters is 1. The van der Waals surface area contributed by atoms with Crippen LogP contribution in [0.2, 0.25) is 0 Å². The zero-order valence-electron chi connectivity index (χ0n) is 25.3. The van der Waals surface area contributed by atoms with Gasteiger partial charge in [-0.25, -0.2) is 14.8 Å². The maximum atomic E-state index is 12.2. The van der Waals surface area contributed by atoms with Crippen molar-refractivity contribution in [2.24, 2.45) is 7.05 Å². The van der Waals surface area contributed by atoms with Crippen LogP contribution in [0.4, 0.5) is 11.8 Å². The average Bonchev–Trinajstić information content (AvgIpc) is 3.83. The fourth-order valence-corrected chi connectivity index (χ4v) is 5.11. The first-order valence-electron chi connectivity index (χ1n) is 14.6. The van der Waals surface area contributed by atoms with Crippen molar-refractivity contribution in [1.29, 1.82) is 0 Å². The largest absolute Gasteiger partial charge is 0.461 e. The van der Waals surface area contributed by atoms with Crippen molar-refractivity contribution in [1.82, 2.24) is 34.2 Å². The number of aromatic nitrogens is 7. The van der Waals surface area contributed by atoms with Gasteiger partial charge in [-0.15, -0.1) is 0 Å². The van der Waals surface area contributed by atoms with Crippen molar-refractivity contribution in [3.05, 3.63) is 42.1 Å². The molecule has 0 radical (unpaired) electrons. The maximum Gasteiger partial charge on any atom is 0.360 e. The molecule has 240 valence electrons. The lowest BCUT2D eigenvalue weighted by molar-refractivity contribution is -0.151. The second kappa shape index (κ2) is 14.1. The van der Waals surface area contributed by atoms with E-state index >= 15 is 0 Å². The van der Waals surface area contributed by atoms with E-state index in [2.05, 4.69) is 39.6 Å². The lowest BCUT2D eigenvalue weighted by Crippen LogP contribution is -2.34. The molecule has 17 nitrogen and oxygen atoms in total. The molecular formula is C28H35N9O8. The third-order valence-electron chi connectivity index (χ3n) is 7.35. The second-order valence-corrected chi connectivity index (χ2v) is 10.3. The quantitative estimate of drug-likeness (QED) is 0.104. The number of carbonyl (C=O) groups is 3. The van der Waals surface area contributed by atoms with E-state index in [9.17, 15) is 14.4 Å². The van der Waals surface area contributed by atoms with Gasteiger partial charge in [0.05, 0.1) is 25.0 Å². The molecule has 0 aromatic carbocycles. The molecule has 0 aliphatic carbocycles. The van der Waals surface area contributed by atoms with Crippen LogP contribution in [0.15, 0.2) is 29.4 Å². The van der Waals surface area contributed by atoms with Gasteiger partial charge < -0.3 is 38.7 Å². The molecule has 5 heterocycles. The molecule has 4 atom stereocenters. The van der Waals surface area contributed by atoms with Crippen LogP contribution in [0, 0.1) is 0 Å². The molecule has 4 aromatic heterocycles. The molecule has 0 unspecified atom stereocenters. The Morgan fingerprint density at radius 3 is 2.56 bits per heavy atom. The SMILES string of the molecule is CCOC(=O)c1cc([C@H]2O[C@@H](n3cnc4c(NC(CC)CC)nc(NCCc5cn(C)cn5)nc43)[C@H](OC=O)[C@@H]2OC=O)on1. The summed E-state index contributed by atoms with van der Waals surface area (Å²) in [7, 11) is 1.90. The summed E-state index contributed by atoms with van der Waals surface area (Å²) in [5.74, 6) is 0.184. The number of ether oxygens (including phenoxy) is 4. The van der Waals surface area contributed by atoms with Crippen LogP contribution < -0.4 is 10.6 Å². The minimum Gasteiger partial charge on any atom is -0.461 e. The lowest BCUT2D eigenvalue weighted by atomic mass is 10.1. The fraction of sp³-hybridized carbons (Fsp3) is 0.500. The zero-order chi connectivity index (χ0) is 31.9. The van der Waals surface area contributed by atoms with E-state index in [1.165, 1.54) is 12.4 Å². The summed E-state index contributed by atoms with van der Waals surface area (Å²) in [4.78, 5) is 53.7. The number of anilines is 2. The van der Waals surface area contributed by atoms with Crippen LogP contribution in [0.5, 0.6) is 0 Å². The van der Waals surface area contributed by atoms with Crippen LogP contribution in [-0.4, -0.2) is 84.5 Å². The number of nitrogens with one attached hydrogen (secondary N) is 2. The van der Waals surface area contributed by atoms with E-state index in [0.29, 0.717) is 35.9 Å². The highest BCUT2D eigenvalue weighted by atomic mass is 16.6. The van der Waals surface area contributed by atoms with Gasteiger partial charge in [0.25, 0.3) is 12.9 Å². The Morgan fingerprint density at radius 1 is 1.09 bits per heavy atom. The molecule has 2 N–H and O–H groups in total. The highest BCUT2D eigenvalue weighted by Gasteiger charge is 2.52. The number of nitrogens with zero attached hydrogens (tertiary/aromatic N) is 7. The molecule has 17 heteroatoms. The van der Waals surface area contributed by atoms with E-state index < -0.39 is 30.5 Å². The highest BCUT2D eigenvalue weighted by molar-refractivity contribution is 5.87. The number of rotatable bonds is 16. The monoisotopic (exact) mass is 625 g/mol. The lowest BCUT2D eigenvalue weighted by Gasteiger charge is -2.21. The molecule has 1 saturated heterocycles. The summed E-state index contributed by atoms with van der Waals surface area (Å²) in [6.45, 7) is 6.88. The Balaban J connectivity index is 1.51. The number of hydrogen-bond donors (Lipinski definition) is 2. The van der Waals surface area contributed by atoms with E-state index in [-0.39, 0.29) is 37.0 Å². The summed E-state index contributed by atoms with van der Waals surface area (Å²) in [5.41, 5.74) is 1.62. The van der Waals surface area contributed by atoms with Crippen LogP contribution in [0.1, 0.15) is 67.9 Å². The van der Waals surface area contributed by atoms with Crippen molar-refractivity contribution in [3.63, 3.8) is 0 Å². The third-order valence-corrected chi connectivity index (χ3v) is 7.35. The van der Waals surface area contributed by atoms with Gasteiger partial charge in [-0.1, -0.05) is 19.0 Å². The molecule has 1 aliphatic rings. The molecule has 1 aliphatic heterocycles. The molecule has 45 heavy (non-hydrogen) atoms. The molecule has 0 saturated carbocycles. The van der Waals surface area contributed by atoms with Gasteiger partial charge in [0, 0.05) is 38.3 Å². The second-order valence-electron chi connectivity index (χ2n) is 10.3. The summed E-state index contributed by atoms with van der Waals surface area (Å²) in [6, 6.07) is 1.44. The molecular weight excluding hydrogens is 590 g/mol. The van der Waals surface area contributed by atoms with Crippen molar-refractivity contribution in [3.8, 4) is 0 Å². The number of imidazole rings is 2. The third kappa shape index (κ3) is 6.72. The van der Waals surface area contributed by atoms with Gasteiger partial charge in [-0.05, 0) is 19.8 Å². The topological polar surface area (TPSA) is 200 Å². The summed E-state index contributed by atoms with van der Waals surface area (Å²) in [5, 5.41) is 10.5. The first kappa shape index (κ1) is 31.4. The first-order chi connectivity index (χ1) is 21.9. The van der Waals surface area contributed by atoms with E-state index in [0.717, 1.165) is 18.5 Å². The van der Waals surface area contributed by atoms with Crippen LogP contribution >= 0.6 is 0 Å². The number of carbonyl (C=O) groups excluding carboxylic acids is 3. The normalized spacial score (nSPS) is 19.5. The predicted octanol–water partition coefficient (Wildman–Crippen LogP) is 2.33. The molecule has 0 amide bonds. The molecule has 0 bridgehead atoms. The zero-order valence-corrected chi connectivity index (χ0v) is 25.3. The smallest absolute Gasteiger partial charge is 0.360 e. The van der Waals surface area contributed by atoms with Crippen LogP contribution in [-0.2, 0) is 42.0 Å². The minimum atomic E-state index is -1.17. The van der Waals surface area contributed by atoms with Gasteiger partial charge in [0.1, 0.15) is 0 Å². The Labute approximate surface area is 257 Å².